The Hall–Kier alpha value is -1.30. The Labute approximate surface area is 120 Å². The summed E-state index contributed by atoms with van der Waals surface area (Å²) in [6, 6.07) is 0. The van der Waals surface area contributed by atoms with Crippen LogP contribution in [0.3, 0.4) is 0 Å². The van der Waals surface area contributed by atoms with Gasteiger partial charge in [0.2, 0.25) is 0 Å². The number of carbonyl (C=O) groups excluding carboxylic acids is 2. The molecular weight excluding hydrogens is 260 g/mol. The van der Waals surface area contributed by atoms with Crippen LogP contribution in [0.15, 0.2) is 0 Å². The van der Waals surface area contributed by atoms with Gasteiger partial charge in [0.25, 0.3) is 0 Å². The first-order valence-corrected chi connectivity index (χ1v) is 7.08. The number of hydrogen-bond donors (Lipinski definition) is 1. The lowest BCUT2D eigenvalue weighted by Crippen LogP contribution is -2.53. The molecule has 0 aliphatic carbocycles. The molecule has 1 fully saturated rings. The minimum atomic E-state index is -0.934. The third kappa shape index (κ3) is 4.10. The first kappa shape index (κ1) is 16.8. The summed E-state index contributed by atoms with van der Waals surface area (Å²) in [5, 5.41) is 0. The lowest BCUT2D eigenvalue weighted by atomic mass is 9.99. The maximum atomic E-state index is 12.2. The third-order valence-corrected chi connectivity index (χ3v) is 3.28. The van der Waals surface area contributed by atoms with E-state index in [1.54, 1.807) is 27.7 Å². The summed E-state index contributed by atoms with van der Waals surface area (Å²) in [7, 11) is 0. The summed E-state index contributed by atoms with van der Waals surface area (Å²) in [6.45, 7) is 8.41. The molecule has 0 bridgehead atoms. The predicted octanol–water partition coefficient (Wildman–Crippen LogP) is 1.67. The number of carbonyl (C=O) groups is 2. The minimum absolute atomic E-state index is 0.285. The van der Waals surface area contributed by atoms with Crippen LogP contribution in [0, 0.1) is 0 Å². The molecule has 1 heterocycles. The highest BCUT2D eigenvalue weighted by atomic mass is 16.6. The summed E-state index contributed by atoms with van der Waals surface area (Å²) < 4.78 is 10.6. The van der Waals surface area contributed by atoms with Crippen LogP contribution < -0.4 is 5.73 Å². The zero-order valence-corrected chi connectivity index (χ0v) is 12.9. The van der Waals surface area contributed by atoms with E-state index in [1.165, 1.54) is 4.90 Å². The van der Waals surface area contributed by atoms with Gasteiger partial charge in [-0.3, -0.25) is 4.90 Å². The molecule has 1 unspecified atom stereocenters. The molecule has 1 atom stereocenters. The molecule has 2 N–H and O–H groups in total. The van der Waals surface area contributed by atoms with Crippen LogP contribution in [0.25, 0.3) is 0 Å². The van der Waals surface area contributed by atoms with Gasteiger partial charge in [-0.05, 0) is 53.5 Å². The van der Waals surface area contributed by atoms with Crippen molar-refractivity contribution in [3.8, 4) is 0 Å². The molecular formula is C14H26N2O4. The van der Waals surface area contributed by atoms with Gasteiger partial charge in [0.05, 0.1) is 6.61 Å². The van der Waals surface area contributed by atoms with E-state index in [2.05, 4.69) is 0 Å². The van der Waals surface area contributed by atoms with Crippen molar-refractivity contribution in [3.05, 3.63) is 0 Å². The second kappa shape index (κ2) is 6.43. The Kier molecular flexibility index (Phi) is 5.39. The largest absolute Gasteiger partial charge is 0.464 e. The van der Waals surface area contributed by atoms with Gasteiger partial charge in [0, 0.05) is 6.54 Å². The average Bonchev–Trinajstić information content (AvgIpc) is 2.70. The number of ether oxygens (including phenoxy) is 2. The lowest BCUT2D eigenvalue weighted by Gasteiger charge is -2.34. The fraction of sp³-hybridized carbons (Fsp3) is 0.857. The number of rotatable bonds is 4. The number of nitrogens with zero attached hydrogens (tertiary/aromatic N) is 1. The van der Waals surface area contributed by atoms with Crippen LogP contribution in [0.1, 0.15) is 47.0 Å². The topological polar surface area (TPSA) is 81.9 Å². The zero-order valence-electron chi connectivity index (χ0n) is 12.9. The molecule has 6 heteroatoms. The molecule has 1 amide bonds. The fourth-order valence-corrected chi connectivity index (χ4v) is 2.19. The first-order chi connectivity index (χ1) is 9.20. The van der Waals surface area contributed by atoms with E-state index in [0.29, 0.717) is 25.9 Å². The van der Waals surface area contributed by atoms with E-state index in [-0.39, 0.29) is 12.6 Å². The molecule has 0 radical (unpaired) electrons. The van der Waals surface area contributed by atoms with Crippen molar-refractivity contribution in [2.24, 2.45) is 5.73 Å². The van der Waals surface area contributed by atoms with Gasteiger partial charge in [-0.25, -0.2) is 9.59 Å². The van der Waals surface area contributed by atoms with Crippen LogP contribution >= 0.6 is 0 Å². The number of esters is 1. The van der Waals surface area contributed by atoms with E-state index >= 15 is 0 Å². The molecule has 0 spiro atoms. The van der Waals surface area contributed by atoms with Crippen molar-refractivity contribution in [2.45, 2.75) is 58.1 Å². The monoisotopic (exact) mass is 286 g/mol. The van der Waals surface area contributed by atoms with Gasteiger partial charge >= 0.3 is 12.1 Å². The smallest absolute Gasteiger partial charge is 0.411 e. The predicted molar refractivity (Wildman–Crippen MR) is 75.2 cm³/mol. The van der Waals surface area contributed by atoms with Gasteiger partial charge in [0.15, 0.2) is 0 Å². The first-order valence-electron chi connectivity index (χ1n) is 7.08. The summed E-state index contributed by atoms with van der Waals surface area (Å²) in [5.74, 6) is -0.380. The second-order valence-corrected chi connectivity index (χ2v) is 6.29. The van der Waals surface area contributed by atoms with Crippen LogP contribution in [0.2, 0.25) is 0 Å². The molecule has 0 aromatic heterocycles. The Bertz CT molecular complexity index is 365. The van der Waals surface area contributed by atoms with E-state index in [1.807, 2.05) is 0 Å². The van der Waals surface area contributed by atoms with Gasteiger partial charge in [-0.2, -0.15) is 0 Å². The Morgan fingerprint density at radius 2 is 2.00 bits per heavy atom. The number of hydrogen-bond acceptors (Lipinski definition) is 5. The maximum absolute atomic E-state index is 12.2. The molecule has 0 aromatic rings. The maximum Gasteiger partial charge on any atom is 0.411 e. The van der Waals surface area contributed by atoms with Crippen LogP contribution in [-0.2, 0) is 14.3 Å². The third-order valence-electron chi connectivity index (χ3n) is 3.28. The van der Waals surface area contributed by atoms with Crippen LogP contribution in [-0.4, -0.2) is 47.8 Å². The quantitative estimate of drug-likeness (QED) is 0.628. The molecule has 1 saturated heterocycles. The fourth-order valence-electron chi connectivity index (χ4n) is 2.19. The highest BCUT2D eigenvalue weighted by Crippen LogP contribution is 2.31. The summed E-state index contributed by atoms with van der Waals surface area (Å²) in [6.07, 6.45) is 1.51. The highest BCUT2D eigenvalue weighted by Gasteiger charge is 2.48. The van der Waals surface area contributed by atoms with Gasteiger partial charge < -0.3 is 15.2 Å². The molecule has 1 aliphatic heterocycles. The standard InChI is InChI=1S/C14H26N2O4/c1-13(2,3)20-12(18)16-9-5-7-14(16,4)11(17)19-10-6-8-15/h5-10,15H2,1-4H3. The number of amides is 1. The summed E-state index contributed by atoms with van der Waals surface area (Å²) in [5.41, 5.74) is 3.86. The van der Waals surface area contributed by atoms with Crippen LogP contribution in [0.4, 0.5) is 4.79 Å². The molecule has 1 aliphatic rings. The lowest BCUT2D eigenvalue weighted by molar-refractivity contribution is -0.155. The zero-order chi connectivity index (χ0) is 15.4. The van der Waals surface area contributed by atoms with Gasteiger partial charge in [0.1, 0.15) is 11.1 Å². The normalized spacial score (nSPS) is 22.8. The van der Waals surface area contributed by atoms with E-state index in [4.69, 9.17) is 15.2 Å². The SMILES string of the molecule is CC(C)(C)OC(=O)N1CCCC1(C)C(=O)OCCCN. The molecule has 0 aromatic carbocycles. The summed E-state index contributed by atoms with van der Waals surface area (Å²) >= 11 is 0. The van der Waals surface area contributed by atoms with Crippen LogP contribution in [0.5, 0.6) is 0 Å². The van der Waals surface area contributed by atoms with Crippen molar-refractivity contribution in [1.29, 1.82) is 0 Å². The molecule has 1 rings (SSSR count). The Balaban J connectivity index is 2.71. The van der Waals surface area contributed by atoms with Crippen molar-refractivity contribution >= 4 is 12.1 Å². The van der Waals surface area contributed by atoms with Crippen molar-refractivity contribution in [2.75, 3.05) is 19.7 Å². The van der Waals surface area contributed by atoms with E-state index in [9.17, 15) is 9.59 Å². The van der Waals surface area contributed by atoms with Crippen molar-refractivity contribution in [1.82, 2.24) is 4.90 Å². The molecule has 116 valence electrons. The molecule has 6 nitrogen and oxygen atoms in total. The van der Waals surface area contributed by atoms with Crippen molar-refractivity contribution in [3.63, 3.8) is 0 Å². The van der Waals surface area contributed by atoms with Crippen molar-refractivity contribution < 1.29 is 19.1 Å². The Morgan fingerprint density at radius 3 is 2.55 bits per heavy atom. The number of nitrogens with two attached hydrogens (primary N) is 1. The molecule has 20 heavy (non-hydrogen) atoms. The van der Waals surface area contributed by atoms with E-state index in [0.717, 1.165) is 6.42 Å². The van der Waals surface area contributed by atoms with Gasteiger partial charge in [-0.1, -0.05) is 0 Å². The highest BCUT2D eigenvalue weighted by molar-refractivity contribution is 5.86. The van der Waals surface area contributed by atoms with E-state index < -0.39 is 17.2 Å². The minimum Gasteiger partial charge on any atom is -0.464 e. The molecule has 0 saturated carbocycles. The second-order valence-electron chi connectivity index (χ2n) is 6.29. The van der Waals surface area contributed by atoms with Gasteiger partial charge in [-0.15, -0.1) is 0 Å². The number of likely N-dealkylation sites (tertiary alicyclic amines) is 1. The average molecular weight is 286 g/mol. The Morgan fingerprint density at radius 1 is 1.35 bits per heavy atom. The summed E-state index contributed by atoms with van der Waals surface area (Å²) in [4.78, 5) is 25.9.